The third-order valence-electron chi connectivity index (χ3n) is 6.00. The van der Waals surface area contributed by atoms with Crippen LogP contribution >= 0.6 is 67.8 Å². The van der Waals surface area contributed by atoms with Gasteiger partial charge in [-0.3, -0.25) is 4.18 Å². The molecule has 0 fully saturated rings. The van der Waals surface area contributed by atoms with Crippen molar-refractivity contribution in [3.63, 3.8) is 0 Å². The molecule has 0 saturated carbocycles. The SMILES string of the molecule is CC1(I)C(OS(=O)(=O)Cc2ccccc2)=C(I)C(OS(=O)(=O)Cc2ccccc2)=C(I)C1OS(=O)(=O)Cc1ccccc1. The van der Waals surface area contributed by atoms with Gasteiger partial charge in [0.2, 0.25) is 0 Å². The molecule has 0 bridgehead atoms. The van der Waals surface area contributed by atoms with Gasteiger partial charge >= 0.3 is 20.2 Å². The summed E-state index contributed by atoms with van der Waals surface area (Å²) in [7, 11) is -12.8. The highest BCUT2D eigenvalue weighted by molar-refractivity contribution is 14.1. The van der Waals surface area contributed by atoms with Crippen LogP contribution in [0.1, 0.15) is 23.6 Å². The van der Waals surface area contributed by atoms with E-state index in [1.54, 1.807) is 143 Å². The van der Waals surface area contributed by atoms with Crippen molar-refractivity contribution in [3.8, 4) is 0 Å². The van der Waals surface area contributed by atoms with Gasteiger partial charge in [0.1, 0.15) is 26.8 Å². The Morgan fingerprint density at radius 3 is 1.42 bits per heavy atom. The Balaban J connectivity index is 1.75. The minimum atomic E-state index is -4.29. The molecule has 2 atom stereocenters. The first-order valence-electron chi connectivity index (χ1n) is 12.4. The normalized spacial score (nSPS) is 19.8. The third-order valence-corrected chi connectivity index (χ3v) is 12.5. The fourth-order valence-corrected chi connectivity index (χ4v) is 13.2. The quantitative estimate of drug-likeness (QED) is 0.114. The van der Waals surface area contributed by atoms with E-state index in [9.17, 15) is 25.3 Å². The second-order valence-electron chi connectivity index (χ2n) is 9.60. The third kappa shape index (κ3) is 9.38. The Hall–Kier alpha value is -1.26. The Bertz CT molecular complexity index is 1840. The van der Waals surface area contributed by atoms with Crippen molar-refractivity contribution in [3.05, 3.63) is 126 Å². The van der Waals surface area contributed by atoms with Crippen molar-refractivity contribution < 1.29 is 37.8 Å². The van der Waals surface area contributed by atoms with Gasteiger partial charge in [0.15, 0.2) is 11.5 Å². The zero-order chi connectivity index (χ0) is 31.5. The standard InChI is InChI=1S/C28H25I3O9S3/c1-28(31)26(39-42(34,35)18-21-13-7-3-8-14-21)23(29)25(38-41(32,33)17-20-11-5-2-6-12-20)24(30)27(28)40-43(36,37)19-22-15-9-4-10-16-22/h2-16,26H,17-19H2,1H3. The van der Waals surface area contributed by atoms with E-state index in [0.29, 0.717) is 16.7 Å². The van der Waals surface area contributed by atoms with Crippen LogP contribution in [0.3, 0.4) is 0 Å². The fraction of sp³-hybridized carbons (Fsp3) is 0.214. The Kier molecular flexibility index (Phi) is 11.3. The highest BCUT2D eigenvalue weighted by Crippen LogP contribution is 2.51. The Morgan fingerprint density at radius 2 is 1.00 bits per heavy atom. The molecule has 0 heterocycles. The van der Waals surface area contributed by atoms with Crippen LogP contribution < -0.4 is 0 Å². The van der Waals surface area contributed by atoms with E-state index < -0.39 is 57.1 Å². The lowest BCUT2D eigenvalue weighted by atomic mass is 9.97. The van der Waals surface area contributed by atoms with Gasteiger partial charge in [-0.2, -0.15) is 25.3 Å². The van der Waals surface area contributed by atoms with Gasteiger partial charge in [-0.25, -0.2) is 0 Å². The molecule has 0 radical (unpaired) electrons. The summed E-state index contributed by atoms with van der Waals surface area (Å²) in [5.74, 6) is -1.90. The molecule has 0 amide bonds. The monoisotopic (exact) mass is 982 g/mol. The van der Waals surface area contributed by atoms with Crippen molar-refractivity contribution in [2.75, 3.05) is 0 Å². The predicted molar refractivity (Wildman–Crippen MR) is 189 cm³/mol. The van der Waals surface area contributed by atoms with Crippen LogP contribution in [-0.4, -0.2) is 34.8 Å². The topological polar surface area (TPSA) is 130 Å². The number of benzene rings is 3. The summed E-state index contributed by atoms with van der Waals surface area (Å²) in [4.78, 5) is 0. The van der Waals surface area contributed by atoms with Gasteiger partial charge in [0.05, 0.1) is 7.16 Å². The first-order chi connectivity index (χ1) is 20.1. The zero-order valence-electron chi connectivity index (χ0n) is 22.4. The van der Waals surface area contributed by atoms with E-state index in [2.05, 4.69) is 0 Å². The van der Waals surface area contributed by atoms with Crippen LogP contribution in [0.25, 0.3) is 0 Å². The minimum absolute atomic E-state index is 0.0486. The minimum Gasteiger partial charge on any atom is -0.384 e. The van der Waals surface area contributed by atoms with E-state index in [-0.39, 0.29) is 18.7 Å². The second-order valence-corrected chi connectivity index (χ2v) is 18.8. The lowest BCUT2D eigenvalue weighted by Gasteiger charge is -2.37. The summed E-state index contributed by atoms with van der Waals surface area (Å²) in [6, 6.07) is 25.1. The first kappa shape index (κ1) is 34.6. The molecular weight excluding hydrogens is 957 g/mol. The number of hydrogen-bond donors (Lipinski definition) is 0. The molecule has 1 aliphatic rings. The number of allylic oxidation sites excluding steroid dienone is 1. The maximum Gasteiger partial charge on any atom is 0.313 e. The van der Waals surface area contributed by atoms with Crippen LogP contribution in [0.4, 0.5) is 0 Å². The Morgan fingerprint density at radius 1 is 0.628 bits per heavy atom. The van der Waals surface area contributed by atoms with Gasteiger partial charge < -0.3 is 8.37 Å². The van der Waals surface area contributed by atoms with Crippen molar-refractivity contribution in [2.24, 2.45) is 0 Å². The number of halogens is 3. The molecule has 43 heavy (non-hydrogen) atoms. The van der Waals surface area contributed by atoms with Crippen LogP contribution in [-0.2, 0) is 60.2 Å². The molecule has 0 aromatic heterocycles. The van der Waals surface area contributed by atoms with Gasteiger partial charge in [0.25, 0.3) is 10.1 Å². The summed E-state index contributed by atoms with van der Waals surface area (Å²) in [5.41, 5.74) is 1.41. The molecule has 3 aromatic rings. The van der Waals surface area contributed by atoms with Crippen molar-refractivity contribution in [1.82, 2.24) is 0 Å². The molecule has 0 saturated heterocycles. The summed E-state index contributed by atoms with van der Waals surface area (Å²) < 4.78 is 95.0. The second kappa shape index (κ2) is 14.0. The highest BCUT2D eigenvalue weighted by atomic mass is 127. The number of hydrogen-bond acceptors (Lipinski definition) is 9. The van der Waals surface area contributed by atoms with Gasteiger partial charge in [-0.05, 0) is 68.8 Å². The molecule has 4 rings (SSSR count). The molecule has 230 valence electrons. The van der Waals surface area contributed by atoms with Crippen LogP contribution in [0, 0.1) is 0 Å². The van der Waals surface area contributed by atoms with Gasteiger partial charge in [0, 0.05) is 0 Å². The van der Waals surface area contributed by atoms with Crippen LogP contribution in [0.15, 0.2) is 110 Å². The maximum absolute atomic E-state index is 13.3. The summed E-state index contributed by atoms with van der Waals surface area (Å²) in [6.45, 7) is 1.55. The molecule has 15 heteroatoms. The van der Waals surface area contributed by atoms with E-state index in [1.165, 1.54) is 0 Å². The van der Waals surface area contributed by atoms with E-state index >= 15 is 0 Å². The number of rotatable bonds is 12. The molecule has 9 nitrogen and oxygen atoms in total. The summed E-state index contributed by atoms with van der Waals surface area (Å²) in [5, 5.41) is 0. The molecule has 2 unspecified atom stereocenters. The maximum atomic E-state index is 13.3. The fourth-order valence-electron chi connectivity index (χ4n) is 4.05. The average molecular weight is 982 g/mol. The van der Waals surface area contributed by atoms with E-state index in [0.717, 1.165) is 0 Å². The molecule has 0 aliphatic heterocycles. The summed E-state index contributed by atoms with van der Waals surface area (Å²) in [6.07, 6.45) is -1.38. The molecular formula is C28H25I3O9S3. The lowest BCUT2D eigenvalue weighted by Crippen LogP contribution is -2.44. The van der Waals surface area contributed by atoms with Crippen LogP contribution in [0.5, 0.6) is 0 Å². The first-order valence-corrected chi connectivity index (χ1v) is 20.4. The average Bonchev–Trinajstić information content (AvgIpc) is 2.93. The zero-order valence-corrected chi connectivity index (χ0v) is 31.3. The molecule has 3 aromatic carbocycles. The van der Waals surface area contributed by atoms with Gasteiger partial charge in [-0.15, -0.1) is 0 Å². The van der Waals surface area contributed by atoms with E-state index in [4.69, 9.17) is 12.5 Å². The van der Waals surface area contributed by atoms with Crippen LogP contribution in [0.2, 0.25) is 0 Å². The van der Waals surface area contributed by atoms with Gasteiger partial charge in [-0.1, -0.05) is 114 Å². The molecule has 0 N–H and O–H groups in total. The highest BCUT2D eigenvalue weighted by Gasteiger charge is 2.51. The largest absolute Gasteiger partial charge is 0.384 e. The summed E-state index contributed by atoms with van der Waals surface area (Å²) >= 11 is 5.41. The van der Waals surface area contributed by atoms with Crippen molar-refractivity contribution in [1.29, 1.82) is 0 Å². The van der Waals surface area contributed by atoms with E-state index in [1.807, 2.05) is 22.6 Å². The predicted octanol–water partition coefficient (Wildman–Crippen LogP) is 6.50. The van der Waals surface area contributed by atoms with Crippen molar-refractivity contribution in [2.45, 2.75) is 33.7 Å². The smallest absolute Gasteiger partial charge is 0.313 e. The molecule has 0 spiro atoms. The van der Waals surface area contributed by atoms with Crippen molar-refractivity contribution >= 4 is 98.1 Å². The Labute approximate surface area is 292 Å². The number of alkyl halides is 1. The lowest BCUT2D eigenvalue weighted by molar-refractivity contribution is 0.199. The molecule has 1 aliphatic carbocycles.